The van der Waals surface area contributed by atoms with E-state index in [-0.39, 0.29) is 11.2 Å². The molecule has 0 saturated heterocycles. The number of hydrogen-bond acceptors (Lipinski definition) is 1. The number of halogens is 6. The van der Waals surface area contributed by atoms with E-state index in [1.807, 2.05) is 13.0 Å². The van der Waals surface area contributed by atoms with Crippen LogP contribution in [-0.4, -0.2) is 5.11 Å². The number of anilines is 2. The van der Waals surface area contributed by atoms with Gasteiger partial charge in [-0.3, -0.25) is 0 Å². The Morgan fingerprint density at radius 2 is 1.35 bits per heavy atom. The van der Waals surface area contributed by atoms with E-state index in [9.17, 15) is 26.3 Å². The lowest BCUT2D eigenvalue weighted by Crippen LogP contribution is -2.21. The molecule has 0 aliphatic carbocycles. The molecule has 0 radical (unpaired) electrons. The second kappa shape index (κ2) is 7.14. The Morgan fingerprint density at radius 1 is 0.808 bits per heavy atom. The van der Waals surface area contributed by atoms with Crippen molar-refractivity contribution in [1.29, 1.82) is 0 Å². The van der Waals surface area contributed by atoms with Crippen LogP contribution in [0.4, 0.5) is 37.7 Å². The molecule has 2 nitrogen and oxygen atoms in total. The highest BCUT2D eigenvalue weighted by Crippen LogP contribution is 2.37. The fraction of sp³-hybridized carbons (Fsp3) is 0.235. The summed E-state index contributed by atoms with van der Waals surface area (Å²) in [6, 6.07) is 6.58. The zero-order valence-corrected chi connectivity index (χ0v) is 14.5. The van der Waals surface area contributed by atoms with Crippen molar-refractivity contribution in [1.82, 2.24) is 0 Å². The van der Waals surface area contributed by atoms with Gasteiger partial charge in [0.05, 0.1) is 11.1 Å². The van der Waals surface area contributed by atoms with Crippen LogP contribution < -0.4 is 10.6 Å². The van der Waals surface area contributed by atoms with Crippen molar-refractivity contribution < 1.29 is 26.3 Å². The molecule has 0 spiro atoms. The molecule has 0 bridgehead atoms. The summed E-state index contributed by atoms with van der Waals surface area (Å²) in [6.45, 7) is 3.68. The quantitative estimate of drug-likeness (QED) is 0.474. The summed E-state index contributed by atoms with van der Waals surface area (Å²) in [6.07, 6.45) is -9.83. The summed E-state index contributed by atoms with van der Waals surface area (Å²) in [4.78, 5) is 0. The van der Waals surface area contributed by atoms with Crippen LogP contribution in [0.25, 0.3) is 0 Å². The number of benzene rings is 2. The molecule has 0 fully saturated rings. The van der Waals surface area contributed by atoms with Crippen molar-refractivity contribution >= 4 is 28.7 Å². The summed E-state index contributed by atoms with van der Waals surface area (Å²) < 4.78 is 77.2. The standard InChI is InChI=1S/C17H14F6N2S/c1-9-3-4-14(10(2)5-9)25-15(26)24-13-7-11(16(18,19)20)6-12(8-13)17(21,22)23/h3-8H,1-2H3,(H2,24,25,26). The lowest BCUT2D eigenvalue weighted by Gasteiger charge is -2.17. The van der Waals surface area contributed by atoms with E-state index in [1.54, 1.807) is 19.1 Å². The molecule has 0 aliphatic heterocycles. The number of nitrogens with one attached hydrogen (secondary N) is 2. The Morgan fingerprint density at radius 3 is 1.81 bits per heavy atom. The highest BCUT2D eigenvalue weighted by Gasteiger charge is 2.37. The first-order valence-corrected chi connectivity index (χ1v) is 7.72. The van der Waals surface area contributed by atoms with Gasteiger partial charge >= 0.3 is 12.4 Å². The third-order valence-corrected chi connectivity index (χ3v) is 3.68. The van der Waals surface area contributed by atoms with Gasteiger partial charge in [-0.15, -0.1) is 0 Å². The van der Waals surface area contributed by atoms with Gasteiger partial charge in [-0.25, -0.2) is 0 Å². The van der Waals surface area contributed by atoms with E-state index in [0.29, 0.717) is 17.8 Å². The minimum atomic E-state index is -4.92. The Balaban J connectivity index is 2.28. The zero-order valence-electron chi connectivity index (χ0n) is 13.6. The number of alkyl halides is 6. The highest BCUT2D eigenvalue weighted by molar-refractivity contribution is 7.80. The van der Waals surface area contributed by atoms with Crippen LogP contribution in [0, 0.1) is 13.8 Å². The van der Waals surface area contributed by atoms with E-state index in [2.05, 4.69) is 10.6 Å². The Hall–Kier alpha value is -2.29. The fourth-order valence-corrected chi connectivity index (χ4v) is 2.49. The van der Waals surface area contributed by atoms with Crippen LogP contribution in [0.15, 0.2) is 36.4 Å². The molecule has 0 atom stereocenters. The Bertz CT molecular complexity index is 795. The largest absolute Gasteiger partial charge is 0.416 e. The third-order valence-electron chi connectivity index (χ3n) is 3.48. The van der Waals surface area contributed by atoms with E-state index in [0.717, 1.165) is 11.1 Å². The maximum absolute atomic E-state index is 12.9. The SMILES string of the molecule is Cc1ccc(NC(=S)Nc2cc(C(F)(F)F)cc(C(F)(F)F)c2)c(C)c1. The summed E-state index contributed by atoms with van der Waals surface area (Å²) in [5, 5.41) is 5.02. The maximum atomic E-state index is 12.9. The molecule has 0 aromatic heterocycles. The van der Waals surface area contributed by atoms with E-state index in [1.165, 1.54) is 0 Å². The predicted molar refractivity (Wildman–Crippen MR) is 92.2 cm³/mol. The van der Waals surface area contributed by atoms with Gasteiger partial charge < -0.3 is 10.6 Å². The maximum Gasteiger partial charge on any atom is 0.416 e. The van der Waals surface area contributed by atoms with Gasteiger partial charge in [-0.1, -0.05) is 17.7 Å². The van der Waals surface area contributed by atoms with Crippen molar-refractivity contribution in [2.75, 3.05) is 10.6 Å². The average molecular weight is 392 g/mol. The van der Waals surface area contributed by atoms with Crippen molar-refractivity contribution in [3.05, 3.63) is 58.7 Å². The van der Waals surface area contributed by atoms with Crippen LogP contribution in [0.2, 0.25) is 0 Å². The summed E-state index contributed by atoms with van der Waals surface area (Å²) in [5.41, 5.74) is -0.812. The van der Waals surface area contributed by atoms with Crippen molar-refractivity contribution in [2.45, 2.75) is 26.2 Å². The first-order chi connectivity index (χ1) is 11.9. The molecule has 0 heterocycles. The van der Waals surface area contributed by atoms with Gasteiger partial charge in [-0.2, -0.15) is 26.3 Å². The Kier molecular flexibility index (Phi) is 5.50. The molecule has 9 heteroatoms. The molecular weight excluding hydrogens is 378 g/mol. The third kappa shape index (κ3) is 5.10. The Labute approximate surface area is 151 Å². The van der Waals surface area contributed by atoms with Gasteiger partial charge in [-0.05, 0) is 55.9 Å². The van der Waals surface area contributed by atoms with Crippen LogP contribution in [0.3, 0.4) is 0 Å². The van der Waals surface area contributed by atoms with Gasteiger partial charge in [0.25, 0.3) is 0 Å². The minimum Gasteiger partial charge on any atom is -0.332 e. The number of thiocarbonyl (C=S) groups is 1. The molecule has 0 saturated carbocycles. The van der Waals surface area contributed by atoms with Crippen LogP contribution >= 0.6 is 12.2 Å². The summed E-state index contributed by atoms with van der Waals surface area (Å²) in [5.74, 6) is 0. The van der Waals surface area contributed by atoms with E-state index < -0.39 is 29.2 Å². The average Bonchev–Trinajstić information content (AvgIpc) is 2.48. The lowest BCUT2D eigenvalue weighted by molar-refractivity contribution is -0.143. The predicted octanol–water partition coefficient (Wildman–Crippen LogP) is 6.15. The van der Waals surface area contributed by atoms with Crippen LogP contribution in [0.5, 0.6) is 0 Å². The zero-order chi connectivity index (χ0) is 19.7. The van der Waals surface area contributed by atoms with Crippen molar-refractivity contribution in [3.63, 3.8) is 0 Å². The van der Waals surface area contributed by atoms with Crippen LogP contribution in [-0.2, 0) is 12.4 Å². The molecule has 2 aromatic carbocycles. The smallest absolute Gasteiger partial charge is 0.332 e. The van der Waals surface area contributed by atoms with Gasteiger partial charge in [0.2, 0.25) is 0 Å². The van der Waals surface area contributed by atoms with Gasteiger partial charge in [0.1, 0.15) is 0 Å². The number of hydrogen-bond donors (Lipinski definition) is 2. The first-order valence-electron chi connectivity index (χ1n) is 7.31. The second-order valence-electron chi connectivity index (χ2n) is 5.69. The molecule has 0 aliphatic rings. The molecular formula is C17H14F6N2S. The number of aryl methyl sites for hydroxylation is 2. The van der Waals surface area contributed by atoms with Gasteiger partial charge in [0.15, 0.2) is 5.11 Å². The minimum absolute atomic E-state index is 0.0613. The van der Waals surface area contributed by atoms with Crippen molar-refractivity contribution in [3.8, 4) is 0 Å². The molecule has 2 aromatic rings. The molecule has 26 heavy (non-hydrogen) atoms. The molecule has 0 unspecified atom stereocenters. The van der Waals surface area contributed by atoms with E-state index in [4.69, 9.17) is 12.2 Å². The monoisotopic (exact) mass is 392 g/mol. The summed E-state index contributed by atoms with van der Waals surface area (Å²) in [7, 11) is 0. The van der Waals surface area contributed by atoms with Crippen LogP contribution in [0.1, 0.15) is 22.3 Å². The number of rotatable bonds is 2. The molecule has 2 rings (SSSR count). The van der Waals surface area contributed by atoms with E-state index >= 15 is 0 Å². The second-order valence-corrected chi connectivity index (χ2v) is 6.10. The molecule has 140 valence electrons. The normalized spacial score (nSPS) is 12.0. The lowest BCUT2D eigenvalue weighted by atomic mass is 10.1. The molecule has 0 amide bonds. The van der Waals surface area contributed by atoms with Gasteiger partial charge in [0, 0.05) is 11.4 Å². The fourth-order valence-electron chi connectivity index (χ4n) is 2.27. The van der Waals surface area contributed by atoms with Crippen molar-refractivity contribution in [2.24, 2.45) is 0 Å². The highest BCUT2D eigenvalue weighted by atomic mass is 32.1. The molecule has 2 N–H and O–H groups in total. The first kappa shape index (κ1) is 20.0. The summed E-state index contributed by atoms with van der Waals surface area (Å²) >= 11 is 5.00. The topological polar surface area (TPSA) is 24.1 Å².